The third-order valence-electron chi connectivity index (χ3n) is 4.69. The molecule has 1 heterocycles. The molecule has 0 radical (unpaired) electrons. The van der Waals surface area contributed by atoms with Crippen LogP contribution in [0.15, 0.2) is 24.3 Å². The van der Waals surface area contributed by atoms with Gasteiger partial charge in [0.2, 0.25) is 0 Å². The summed E-state index contributed by atoms with van der Waals surface area (Å²) in [6, 6.07) is 6.91. The summed E-state index contributed by atoms with van der Waals surface area (Å²) in [6.07, 6.45) is 4.59. The highest BCUT2D eigenvalue weighted by atomic mass is 19.1. The molecule has 2 rings (SSSR count). The Bertz CT molecular complexity index is 435. The minimum absolute atomic E-state index is 0.0716. The molecular weight excluding hydrogens is 251 g/mol. The maximum Gasteiger partial charge on any atom is 0.123 e. The normalized spacial score (nSPS) is 24.1. The second kappa shape index (κ2) is 6.68. The molecule has 1 aliphatic rings. The van der Waals surface area contributed by atoms with Crippen molar-refractivity contribution in [1.82, 2.24) is 4.90 Å². The van der Waals surface area contributed by atoms with E-state index >= 15 is 0 Å². The summed E-state index contributed by atoms with van der Waals surface area (Å²) in [5.41, 5.74) is 7.04. The summed E-state index contributed by atoms with van der Waals surface area (Å²) < 4.78 is 13.4. The molecule has 0 spiro atoms. The first-order chi connectivity index (χ1) is 9.53. The van der Waals surface area contributed by atoms with Gasteiger partial charge < -0.3 is 5.73 Å². The highest BCUT2D eigenvalue weighted by molar-refractivity contribution is 5.19. The molecule has 20 heavy (non-hydrogen) atoms. The van der Waals surface area contributed by atoms with E-state index in [1.165, 1.54) is 25.3 Å². The van der Waals surface area contributed by atoms with Crippen LogP contribution in [-0.4, -0.2) is 30.1 Å². The van der Waals surface area contributed by atoms with Crippen LogP contribution < -0.4 is 5.73 Å². The molecule has 2 unspecified atom stereocenters. The SMILES string of the molecule is CC1CCCN(C(C)(CN)Cc2cccc(F)c2)CC1. The molecule has 2 nitrogen and oxygen atoms in total. The monoisotopic (exact) mass is 278 g/mol. The largest absolute Gasteiger partial charge is 0.329 e. The van der Waals surface area contributed by atoms with Gasteiger partial charge in [-0.05, 0) is 69.3 Å². The molecule has 0 aromatic heterocycles. The molecule has 1 fully saturated rings. The number of nitrogens with two attached hydrogens (primary N) is 1. The van der Waals surface area contributed by atoms with Gasteiger partial charge in [0.15, 0.2) is 0 Å². The van der Waals surface area contributed by atoms with Gasteiger partial charge >= 0.3 is 0 Å². The Morgan fingerprint density at radius 1 is 1.35 bits per heavy atom. The van der Waals surface area contributed by atoms with Crippen molar-refractivity contribution >= 4 is 0 Å². The van der Waals surface area contributed by atoms with Crippen LogP contribution in [0.25, 0.3) is 0 Å². The van der Waals surface area contributed by atoms with Crippen molar-refractivity contribution in [2.75, 3.05) is 19.6 Å². The van der Waals surface area contributed by atoms with Gasteiger partial charge in [-0.25, -0.2) is 4.39 Å². The lowest BCUT2D eigenvalue weighted by Gasteiger charge is -2.40. The molecule has 112 valence electrons. The van der Waals surface area contributed by atoms with Crippen LogP contribution in [0.1, 0.15) is 38.7 Å². The van der Waals surface area contributed by atoms with Crippen molar-refractivity contribution in [1.29, 1.82) is 0 Å². The van der Waals surface area contributed by atoms with Gasteiger partial charge in [0.05, 0.1) is 0 Å². The summed E-state index contributed by atoms with van der Waals surface area (Å²) in [4.78, 5) is 2.52. The summed E-state index contributed by atoms with van der Waals surface area (Å²) >= 11 is 0. The predicted octanol–water partition coefficient (Wildman–Crippen LogP) is 3.21. The van der Waals surface area contributed by atoms with E-state index in [0.29, 0.717) is 6.54 Å². The zero-order valence-corrected chi connectivity index (χ0v) is 12.7. The third-order valence-corrected chi connectivity index (χ3v) is 4.69. The first-order valence-corrected chi connectivity index (χ1v) is 7.73. The Labute approximate surface area is 122 Å². The van der Waals surface area contributed by atoms with Gasteiger partial charge in [-0.3, -0.25) is 4.90 Å². The van der Waals surface area contributed by atoms with Crippen molar-refractivity contribution in [2.45, 2.75) is 45.1 Å². The maximum absolute atomic E-state index is 13.4. The number of nitrogens with zero attached hydrogens (tertiary/aromatic N) is 1. The Morgan fingerprint density at radius 3 is 2.85 bits per heavy atom. The average molecular weight is 278 g/mol. The highest BCUT2D eigenvalue weighted by Gasteiger charge is 2.31. The summed E-state index contributed by atoms with van der Waals surface area (Å²) in [5.74, 6) is 0.641. The third kappa shape index (κ3) is 3.80. The predicted molar refractivity (Wildman–Crippen MR) is 82.2 cm³/mol. The van der Waals surface area contributed by atoms with Crippen LogP contribution in [0, 0.1) is 11.7 Å². The maximum atomic E-state index is 13.4. The van der Waals surface area contributed by atoms with Crippen LogP contribution >= 0.6 is 0 Å². The van der Waals surface area contributed by atoms with Crippen molar-refractivity contribution in [2.24, 2.45) is 11.7 Å². The van der Waals surface area contributed by atoms with Crippen molar-refractivity contribution in [3.8, 4) is 0 Å². The molecule has 0 bridgehead atoms. The van der Waals surface area contributed by atoms with Crippen LogP contribution in [-0.2, 0) is 6.42 Å². The Kier molecular flexibility index (Phi) is 5.17. The van der Waals surface area contributed by atoms with Crippen LogP contribution in [0.3, 0.4) is 0 Å². The number of rotatable bonds is 4. The van der Waals surface area contributed by atoms with E-state index in [-0.39, 0.29) is 11.4 Å². The first-order valence-electron chi connectivity index (χ1n) is 7.73. The standard InChI is InChI=1S/C17H27FN2/c1-14-5-4-9-20(10-8-14)17(2,13-19)12-15-6-3-7-16(18)11-15/h3,6-7,11,14H,4-5,8-10,12-13,19H2,1-2H3. The van der Waals surface area contributed by atoms with Crippen LogP contribution in [0.5, 0.6) is 0 Å². The zero-order chi connectivity index (χ0) is 14.6. The van der Waals surface area contributed by atoms with Crippen molar-refractivity contribution in [3.05, 3.63) is 35.6 Å². The van der Waals surface area contributed by atoms with Gasteiger partial charge in [0.1, 0.15) is 5.82 Å². The topological polar surface area (TPSA) is 29.3 Å². The number of benzene rings is 1. The molecule has 1 aromatic carbocycles. The van der Waals surface area contributed by atoms with Crippen LogP contribution in [0.2, 0.25) is 0 Å². The van der Waals surface area contributed by atoms with Gasteiger partial charge in [-0.15, -0.1) is 0 Å². The van der Waals surface area contributed by atoms with Gasteiger partial charge in [0, 0.05) is 12.1 Å². The second-order valence-corrected chi connectivity index (χ2v) is 6.53. The fraction of sp³-hybridized carbons (Fsp3) is 0.647. The number of likely N-dealkylation sites (tertiary alicyclic amines) is 1. The van der Waals surface area contributed by atoms with E-state index in [1.807, 2.05) is 6.07 Å². The van der Waals surface area contributed by atoms with E-state index in [2.05, 4.69) is 18.7 Å². The minimum atomic E-state index is -0.161. The van der Waals surface area contributed by atoms with E-state index in [1.54, 1.807) is 12.1 Å². The molecule has 0 amide bonds. The molecular formula is C17H27FN2. The molecule has 1 aromatic rings. The van der Waals surface area contributed by atoms with E-state index in [4.69, 9.17) is 5.73 Å². The lowest BCUT2D eigenvalue weighted by molar-refractivity contribution is 0.113. The minimum Gasteiger partial charge on any atom is -0.329 e. The first kappa shape index (κ1) is 15.5. The smallest absolute Gasteiger partial charge is 0.123 e. The Morgan fingerprint density at radius 2 is 2.15 bits per heavy atom. The fourth-order valence-electron chi connectivity index (χ4n) is 3.20. The zero-order valence-electron chi connectivity index (χ0n) is 12.7. The molecule has 1 saturated heterocycles. The van der Waals surface area contributed by atoms with Crippen molar-refractivity contribution in [3.63, 3.8) is 0 Å². The van der Waals surface area contributed by atoms with E-state index in [9.17, 15) is 4.39 Å². The van der Waals surface area contributed by atoms with Crippen molar-refractivity contribution < 1.29 is 4.39 Å². The molecule has 2 N–H and O–H groups in total. The van der Waals surface area contributed by atoms with Gasteiger partial charge in [-0.1, -0.05) is 19.1 Å². The number of halogens is 1. The fourth-order valence-corrected chi connectivity index (χ4v) is 3.20. The molecule has 0 aliphatic carbocycles. The lowest BCUT2D eigenvalue weighted by Crippen LogP contribution is -2.53. The summed E-state index contributed by atoms with van der Waals surface area (Å²) in [7, 11) is 0. The van der Waals surface area contributed by atoms with Gasteiger partial charge in [0.25, 0.3) is 0 Å². The quantitative estimate of drug-likeness (QED) is 0.916. The summed E-state index contributed by atoms with van der Waals surface area (Å²) in [5, 5.41) is 0. The van der Waals surface area contributed by atoms with Gasteiger partial charge in [-0.2, -0.15) is 0 Å². The molecule has 3 heteroatoms. The average Bonchev–Trinajstić information content (AvgIpc) is 2.64. The van der Waals surface area contributed by atoms with E-state index < -0.39 is 0 Å². The Balaban J connectivity index is 2.11. The van der Waals surface area contributed by atoms with E-state index in [0.717, 1.165) is 31.0 Å². The highest BCUT2D eigenvalue weighted by Crippen LogP contribution is 2.26. The number of hydrogen-bond donors (Lipinski definition) is 1. The molecule has 2 atom stereocenters. The number of hydrogen-bond acceptors (Lipinski definition) is 2. The summed E-state index contributed by atoms with van der Waals surface area (Å²) in [6.45, 7) is 7.36. The van der Waals surface area contributed by atoms with Crippen LogP contribution in [0.4, 0.5) is 4.39 Å². The Hall–Kier alpha value is -0.930. The lowest BCUT2D eigenvalue weighted by atomic mass is 9.90. The molecule has 0 saturated carbocycles. The molecule has 1 aliphatic heterocycles. The second-order valence-electron chi connectivity index (χ2n) is 6.53.